The minimum atomic E-state index is 0.261. The summed E-state index contributed by atoms with van der Waals surface area (Å²) in [5, 5.41) is 3.20. The molecule has 0 radical (unpaired) electrons. The average Bonchev–Trinajstić information content (AvgIpc) is 2.87. The highest BCUT2D eigenvalue weighted by atomic mass is 16.1. The fourth-order valence-corrected chi connectivity index (χ4v) is 3.68. The quantitative estimate of drug-likeness (QED) is 0.762. The number of amides is 1. The van der Waals surface area contributed by atoms with Crippen LogP contribution in [0.25, 0.3) is 0 Å². The zero-order valence-electron chi connectivity index (χ0n) is 10.7. The first kappa shape index (κ1) is 11.9. The minimum absolute atomic E-state index is 0.261. The molecule has 0 aromatic carbocycles. The van der Waals surface area contributed by atoms with Crippen molar-refractivity contribution in [3.63, 3.8) is 0 Å². The molecule has 4 atom stereocenters. The molecule has 2 aliphatic rings. The van der Waals surface area contributed by atoms with E-state index in [0.29, 0.717) is 12.5 Å². The highest BCUT2D eigenvalue weighted by Gasteiger charge is 2.41. The van der Waals surface area contributed by atoms with Crippen molar-refractivity contribution in [2.24, 2.45) is 17.8 Å². The molecule has 0 heterocycles. The molecule has 2 rings (SSSR count). The van der Waals surface area contributed by atoms with Crippen molar-refractivity contribution < 1.29 is 4.79 Å². The largest absolute Gasteiger partial charge is 0.353 e. The zero-order valence-corrected chi connectivity index (χ0v) is 10.7. The van der Waals surface area contributed by atoms with Gasteiger partial charge in [0.25, 0.3) is 0 Å². The first-order valence-corrected chi connectivity index (χ1v) is 7.00. The third-order valence-corrected chi connectivity index (χ3v) is 4.58. The summed E-state index contributed by atoms with van der Waals surface area (Å²) in [4.78, 5) is 11.7. The number of unbranched alkanes of at least 4 members (excludes halogenated alkanes) is 1. The molecule has 2 bridgehead atoms. The van der Waals surface area contributed by atoms with Gasteiger partial charge in [-0.1, -0.05) is 19.8 Å². The molecule has 0 saturated heterocycles. The molecule has 1 amide bonds. The number of carbonyl (C=O) groups excluding carboxylic acids is 1. The molecule has 2 nitrogen and oxygen atoms in total. The van der Waals surface area contributed by atoms with E-state index < -0.39 is 0 Å². The Balaban J connectivity index is 1.75. The molecule has 2 fully saturated rings. The van der Waals surface area contributed by atoms with Crippen LogP contribution in [0.5, 0.6) is 0 Å². The smallest absolute Gasteiger partial charge is 0.220 e. The summed E-state index contributed by atoms with van der Waals surface area (Å²) in [5.41, 5.74) is 0. The van der Waals surface area contributed by atoms with Gasteiger partial charge in [0, 0.05) is 12.5 Å². The maximum absolute atomic E-state index is 11.7. The lowest BCUT2D eigenvalue weighted by Gasteiger charge is -2.28. The third-order valence-electron chi connectivity index (χ3n) is 4.58. The molecular formula is C14H25NO. The van der Waals surface area contributed by atoms with E-state index >= 15 is 0 Å². The van der Waals surface area contributed by atoms with E-state index in [-0.39, 0.29) is 5.91 Å². The van der Waals surface area contributed by atoms with Crippen LogP contribution in [-0.2, 0) is 4.79 Å². The summed E-state index contributed by atoms with van der Waals surface area (Å²) in [6, 6.07) is 0.402. The van der Waals surface area contributed by atoms with Crippen LogP contribution in [0, 0.1) is 17.8 Å². The fourth-order valence-electron chi connectivity index (χ4n) is 3.68. The molecule has 16 heavy (non-hydrogen) atoms. The molecule has 1 N–H and O–H groups in total. The van der Waals surface area contributed by atoms with Crippen molar-refractivity contribution in [3.05, 3.63) is 0 Å². The van der Waals surface area contributed by atoms with Crippen LogP contribution < -0.4 is 5.32 Å². The summed E-state index contributed by atoms with van der Waals surface area (Å²) in [7, 11) is 0. The Morgan fingerprint density at radius 3 is 2.75 bits per heavy atom. The number of hydrogen-bond acceptors (Lipinski definition) is 1. The minimum Gasteiger partial charge on any atom is -0.353 e. The zero-order chi connectivity index (χ0) is 11.5. The van der Waals surface area contributed by atoms with Gasteiger partial charge < -0.3 is 5.32 Å². The van der Waals surface area contributed by atoms with Gasteiger partial charge in [0.1, 0.15) is 0 Å². The Bertz CT molecular complexity index is 251. The second-order valence-corrected chi connectivity index (χ2v) is 5.80. The molecule has 0 aromatic heterocycles. The Hall–Kier alpha value is -0.530. The highest BCUT2D eigenvalue weighted by molar-refractivity contribution is 5.76. The number of hydrogen-bond donors (Lipinski definition) is 1. The molecule has 2 saturated carbocycles. The topological polar surface area (TPSA) is 29.1 Å². The molecular weight excluding hydrogens is 198 g/mol. The predicted octanol–water partition coefficient (Wildman–Crippen LogP) is 3.12. The van der Waals surface area contributed by atoms with E-state index in [9.17, 15) is 4.79 Å². The number of fused-ring (bicyclic) bond motifs is 2. The van der Waals surface area contributed by atoms with Crippen molar-refractivity contribution in [1.29, 1.82) is 0 Å². The fraction of sp³-hybridized carbons (Fsp3) is 0.929. The van der Waals surface area contributed by atoms with E-state index in [4.69, 9.17) is 0 Å². The van der Waals surface area contributed by atoms with Gasteiger partial charge in [0.05, 0.1) is 0 Å². The molecule has 2 heteroatoms. The number of nitrogens with one attached hydrogen (secondary N) is 1. The third kappa shape index (κ3) is 2.58. The van der Waals surface area contributed by atoms with Crippen LogP contribution in [0.3, 0.4) is 0 Å². The molecule has 0 aliphatic heterocycles. The molecule has 4 unspecified atom stereocenters. The van der Waals surface area contributed by atoms with Crippen LogP contribution in [0.4, 0.5) is 0 Å². The lowest BCUT2D eigenvalue weighted by molar-refractivity contribution is -0.122. The molecule has 2 aliphatic carbocycles. The van der Waals surface area contributed by atoms with Gasteiger partial charge in [-0.05, 0) is 50.4 Å². The van der Waals surface area contributed by atoms with Gasteiger partial charge >= 0.3 is 0 Å². The maximum atomic E-state index is 11.7. The summed E-state index contributed by atoms with van der Waals surface area (Å²) < 4.78 is 0. The normalized spacial score (nSPS) is 34.0. The van der Waals surface area contributed by atoms with Gasteiger partial charge in [0.15, 0.2) is 0 Å². The summed E-state index contributed by atoms with van der Waals surface area (Å²) in [5.74, 6) is 2.91. The first-order chi connectivity index (χ1) is 7.70. The Kier molecular flexibility index (Phi) is 3.88. The van der Waals surface area contributed by atoms with Gasteiger partial charge in [-0.3, -0.25) is 4.79 Å². The van der Waals surface area contributed by atoms with Crippen molar-refractivity contribution in [2.75, 3.05) is 0 Å². The second kappa shape index (κ2) is 5.20. The summed E-state index contributed by atoms with van der Waals surface area (Å²) >= 11 is 0. The highest BCUT2D eigenvalue weighted by Crippen LogP contribution is 2.49. The summed E-state index contributed by atoms with van der Waals surface area (Å²) in [6.07, 6.45) is 8.48. The average molecular weight is 223 g/mol. The lowest BCUT2D eigenvalue weighted by atomic mass is 9.84. The summed E-state index contributed by atoms with van der Waals surface area (Å²) in [6.45, 7) is 4.34. The Labute approximate surface area is 99.2 Å². The van der Waals surface area contributed by atoms with Crippen LogP contribution in [0.2, 0.25) is 0 Å². The second-order valence-electron chi connectivity index (χ2n) is 5.80. The van der Waals surface area contributed by atoms with E-state index in [1.165, 1.54) is 25.7 Å². The molecule has 0 aromatic rings. The first-order valence-electron chi connectivity index (χ1n) is 7.00. The lowest BCUT2D eigenvalue weighted by Crippen LogP contribution is -2.39. The van der Waals surface area contributed by atoms with Gasteiger partial charge in [-0.15, -0.1) is 0 Å². The van der Waals surface area contributed by atoms with Gasteiger partial charge in [0.2, 0.25) is 5.91 Å². The predicted molar refractivity (Wildman–Crippen MR) is 66.1 cm³/mol. The van der Waals surface area contributed by atoms with Gasteiger partial charge in [-0.25, -0.2) is 0 Å². The van der Waals surface area contributed by atoms with Crippen molar-refractivity contribution in [1.82, 2.24) is 5.32 Å². The van der Waals surface area contributed by atoms with Crippen molar-refractivity contribution in [2.45, 2.75) is 64.8 Å². The monoisotopic (exact) mass is 223 g/mol. The van der Waals surface area contributed by atoms with E-state index in [2.05, 4.69) is 19.2 Å². The van der Waals surface area contributed by atoms with Crippen LogP contribution in [-0.4, -0.2) is 11.9 Å². The van der Waals surface area contributed by atoms with Crippen LogP contribution >= 0.6 is 0 Å². The Morgan fingerprint density at radius 2 is 2.19 bits per heavy atom. The van der Waals surface area contributed by atoms with Crippen molar-refractivity contribution in [3.8, 4) is 0 Å². The maximum Gasteiger partial charge on any atom is 0.220 e. The van der Waals surface area contributed by atoms with E-state index in [0.717, 1.165) is 30.6 Å². The van der Waals surface area contributed by atoms with E-state index in [1.54, 1.807) is 0 Å². The number of rotatable bonds is 5. The van der Waals surface area contributed by atoms with Gasteiger partial charge in [-0.2, -0.15) is 0 Å². The van der Waals surface area contributed by atoms with Crippen LogP contribution in [0.1, 0.15) is 58.8 Å². The Morgan fingerprint density at radius 1 is 1.38 bits per heavy atom. The van der Waals surface area contributed by atoms with Crippen LogP contribution in [0.15, 0.2) is 0 Å². The molecule has 0 spiro atoms. The standard InChI is InChI=1S/C14H25NO/c1-3-4-5-14(16)15-10(2)13-9-11-6-7-12(13)8-11/h10-13H,3-9H2,1-2H3,(H,15,16). The molecule has 92 valence electrons. The SMILES string of the molecule is CCCCC(=O)NC(C)C1CC2CCC1C2. The van der Waals surface area contributed by atoms with Crippen molar-refractivity contribution >= 4 is 5.91 Å². The van der Waals surface area contributed by atoms with E-state index in [1.807, 2.05) is 0 Å². The number of carbonyl (C=O) groups is 1.